The molecule has 1 aromatic rings. The van der Waals surface area contributed by atoms with Crippen LogP contribution in [0.3, 0.4) is 0 Å². The lowest BCUT2D eigenvalue weighted by Crippen LogP contribution is -2.44. The first-order chi connectivity index (χ1) is 9.45. The molecule has 2 saturated heterocycles. The van der Waals surface area contributed by atoms with Gasteiger partial charge in [-0.15, -0.1) is 0 Å². The second-order valence-corrected chi connectivity index (χ2v) is 7.51. The molecule has 110 valence electrons. The molecule has 2 aliphatic rings. The Balaban J connectivity index is 1.90. The number of aromatic nitrogens is 2. The van der Waals surface area contributed by atoms with E-state index in [9.17, 15) is 8.42 Å². The quantitative estimate of drug-likeness (QED) is 0.835. The predicted molar refractivity (Wildman–Crippen MR) is 77.1 cm³/mol. The Hall–Kier alpha value is -1.21. The molecule has 3 heterocycles. The highest BCUT2D eigenvalue weighted by Gasteiger charge is 2.37. The van der Waals surface area contributed by atoms with E-state index >= 15 is 0 Å². The highest BCUT2D eigenvalue weighted by Crippen LogP contribution is 2.35. The van der Waals surface area contributed by atoms with Gasteiger partial charge in [-0.05, 0) is 26.2 Å². The molecule has 20 heavy (non-hydrogen) atoms. The van der Waals surface area contributed by atoms with Crippen LogP contribution in [0.5, 0.6) is 0 Å². The number of nitrogens with zero attached hydrogens (tertiary/aromatic N) is 4. The lowest BCUT2D eigenvalue weighted by molar-refractivity contribution is 0.198. The predicted octanol–water partition coefficient (Wildman–Crippen LogP) is 1.09. The molecule has 2 aliphatic heterocycles. The van der Waals surface area contributed by atoms with Crippen molar-refractivity contribution >= 4 is 15.8 Å². The van der Waals surface area contributed by atoms with E-state index in [4.69, 9.17) is 0 Å². The van der Waals surface area contributed by atoms with Crippen LogP contribution in [0.25, 0.3) is 0 Å². The molecule has 3 rings (SSSR count). The summed E-state index contributed by atoms with van der Waals surface area (Å²) >= 11 is 0. The number of anilines is 1. The van der Waals surface area contributed by atoms with E-state index in [0.717, 1.165) is 31.0 Å². The van der Waals surface area contributed by atoms with Crippen LogP contribution in [0.1, 0.15) is 36.8 Å². The third-order valence-electron chi connectivity index (χ3n) is 4.01. The number of aryl methyl sites for hydroxylation is 1. The number of hydrogen-bond acceptors (Lipinski definition) is 5. The normalized spacial score (nSPS) is 23.9. The third kappa shape index (κ3) is 2.52. The molecular weight excluding hydrogens is 276 g/mol. The maximum absolute atomic E-state index is 11.7. The Morgan fingerprint density at radius 1 is 1.20 bits per heavy atom. The number of rotatable bonds is 3. The van der Waals surface area contributed by atoms with Gasteiger partial charge in [0.2, 0.25) is 10.0 Å². The number of hydrogen-bond donors (Lipinski definition) is 0. The zero-order valence-corrected chi connectivity index (χ0v) is 12.7. The van der Waals surface area contributed by atoms with Crippen molar-refractivity contribution in [3.63, 3.8) is 0 Å². The zero-order chi connectivity index (χ0) is 14.3. The van der Waals surface area contributed by atoms with Crippen molar-refractivity contribution in [2.45, 2.75) is 32.2 Å². The standard InChI is InChI=1S/C13H20N4O2S/c1-10-14-11(12-5-8-17(12)20(2,18)19)9-13(15-10)16-6-3-4-7-16/h9,12H,3-8H2,1-2H3/t12-/m0/s1. The van der Waals surface area contributed by atoms with Crippen LogP contribution in [0.4, 0.5) is 5.82 Å². The second-order valence-electron chi connectivity index (χ2n) is 5.57. The van der Waals surface area contributed by atoms with Crippen molar-refractivity contribution in [3.8, 4) is 0 Å². The zero-order valence-electron chi connectivity index (χ0n) is 11.9. The minimum Gasteiger partial charge on any atom is -0.357 e. The van der Waals surface area contributed by atoms with Gasteiger partial charge in [-0.1, -0.05) is 0 Å². The summed E-state index contributed by atoms with van der Waals surface area (Å²) in [6.45, 7) is 4.50. The van der Waals surface area contributed by atoms with Gasteiger partial charge < -0.3 is 4.90 Å². The van der Waals surface area contributed by atoms with Crippen LogP contribution in [0.2, 0.25) is 0 Å². The van der Waals surface area contributed by atoms with Crippen LogP contribution in [-0.4, -0.2) is 48.6 Å². The lowest BCUT2D eigenvalue weighted by atomic mass is 10.0. The molecule has 1 aromatic heterocycles. The minimum atomic E-state index is -3.15. The Morgan fingerprint density at radius 3 is 2.45 bits per heavy atom. The second kappa shape index (κ2) is 4.96. The Labute approximate surface area is 119 Å². The molecule has 0 spiro atoms. The molecule has 0 unspecified atom stereocenters. The summed E-state index contributed by atoms with van der Waals surface area (Å²) in [4.78, 5) is 11.2. The molecule has 1 atom stereocenters. The van der Waals surface area contributed by atoms with Gasteiger partial charge in [0.15, 0.2) is 0 Å². The summed E-state index contributed by atoms with van der Waals surface area (Å²) in [5, 5.41) is 0. The van der Waals surface area contributed by atoms with E-state index in [1.165, 1.54) is 23.4 Å². The van der Waals surface area contributed by atoms with E-state index in [1.807, 2.05) is 13.0 Å². The van der Waals surface area contributed by atoms with Crippen LogP contribution in [0.15, 0.2) is 6.07 Å². The van der Waals surface area contributed by atoms with Crippen molar-refractivity contribution in [1.82, 2.24) is 14.3 Å². The van der Waals surface area contributed by atoms with Crippen LogP contribution in [-0.2, 0) is 10.0 Å². The fourth-order valence-electron chi connectivity index (χ4n) is 2.91. The van der Waals surface area contributed by atoms with E-state index < -0.39 is 10.0 Å². The number of sulfonamides is 1. The Morgan fingerprint density at radius 2 is 1.90 bits per heavy atom. The van der Waals surface area contributed by atoms with Crippen molar-refractivity contribution in [2.24, 2.45) is 0 Å². The van der Waals surface area contributed by atoms with Gasteiger partial charge in [0.1, 0.15) is 11.6 Å². The van der Waals surface area contributed by atoms with Gasteiger partial charge in [0.25, 0.3) is 0 Å². The summed E-state index contributed by atoms with van der Waals surface area (Å²) in [6, 6.07) is 1.84. The summed E-state index contributed by atoms with van der Waals surface area (Å²) < 4.78 is 24.9. The SMILES string of the molecule is Cc1nc([C@@H]2CCN2S(C)(=O)=O)cc(N2CCCC2)n1. The average Bonchev–Trinajstić information content (AvgIpc) is 2.77. The molecule has 0 radical (unpaired) electrons. The minimum absolute atomic E-state index is 0.118. The molecular formula is C13H20N4O2S. The van der Waals surface area contributed by atoms with E-state index in [0.29, 0.717) is 12.4 Å². The van der Waals surface area contributed by atoms with E-state index in [1.54, 1.807) is 0 Å². The van der Waals surface area contributed by atoms with Gasteiger partial charge in [-0.25, -0.2) is 18.4 Å². The largest absolute Gasteiger partial charge is 0.357 e. The molecule has 0 aliphatic carbocycles. The molecule has 0 bridgehead atoms. The molecule has 0 amide bonds. The Bertz CT molecular complexity index is 611. The highest BCUT2D eigenvalue weighted by atomic mass is 32.2. The fourth-order valence-corrected chi connectivity index (χ4v) is 4.02. The monoisotopic (exact) mass is 296 g/mol. The first-order valence-electron chi connectivity index (χ1n) is 7.02. The molecule has 7 heteroatoms. The first-order valence-corrected chi connectivity index (χ1v) is 8.87. The fraction of sp³-hybridized carbons (Fsp3) is 0.692. The Kier molecular flexibility index (Phi) is 3.41. The highest BCUT2D eigenvalue weighted by molar-refractivity contribution is 7.88. The topological polar surface area (TPSA) is 66.4 Å². The van der Waals surface area contributed by atoms with Gasteiger partial charge in [-0.3, -0.25) is 0 Å². The van der Waals surface area contributed by atoms with Crippen LogP contribution < -0.4 is 4.90 Å². The molecule has 0 saturated carbocycles. The lowest BCUT2D eigenvalue weighted by Gasteiger charge is -2.38. The van der Waals surface area contributed by atoms with Crippen molar-refractivity contribution < 1.29 is 8.42 Å². The summed E-state index contributed by atoms with van der Waals surface area (Å²) in [5.74, 6) is 1.65. The third-order valence-corrected chi connectivity index (χ3v) is 5.30. The van der Waals surface area contributed by atoms with Gasteiger partial charge >= 0.3 is 0 Å². The smallest absolute Gasteiger partial charge is 0.211 e. The summed E-state index contributed by atoms with van der Waals surface area (Å²) in [5.41, 5.74) is 0.830. The van der Waals surface area contributed by atoms with Crippen LogP contribution >= 0.6 is 0 Å². The maximum Gasteiger partial charge on any atom is 0.211 e. The maximum atomic E-state index is 11.7. The van der Waals surface area contributed by atoms with Crippen molar-refractivity contribution in [1.29, 1.82) is 0 Å². The molecule has 6 nitrogen and oxygen atoms in total. The van der Waals surface area contributed by atoms with E-state index in [2.05, 4.69) is 14.9 Å². The molecule has 2 fully saturated rings. The van der Waals surface area contributed by atoms with Gasteiger partial charge in [0.05, 0.1) is 18.0 Å². The van der Waals surface area contributed by atoms with E-state index in [-0.39, 0.29) is 6.04 Å². The van der Waals surface area contributed by atoms with Crippen molar-refractivity contribution in [2.75, 3.05) is 30.8 Å². The van der Waals surface area contributed by atoms with Crippen LogP contribution in [0, 0.1) is 6.92 Å². The molecule has 0 N–H and O–H groups in total. The average molecular weight is 296 g/mol. The van der Waals surface area contributed by atoms with Gasteiger partial charge in [0, 0.05) is 25.7 Å². The first kappa shape index (κ1) is 13.8. The van der Waals surface area contributed by atoms with Crippen molar-refractivity contribution in [3.05, 3.63) is 17.6 Å². The summed E-state index contributed by atoms with van der Waals surface area (Å²) in [7, 11) is -3.15. The molecule has 0 aromatic carbocycles. The van der Waals surface area contributed by atoms with Gasteiger partial charge in [-0.2, -0.15) is 4.31 Å². The summed E-state index contributed by atoms with van der Waals surface area (Å²) in [6.07, 6.45) is 4.48.